The zero-order valence-electron chi connectivity index (χ0n) is 18.8. The summed E-state index contributed by atoms with van der Waals surface area (Å²) in [5, 5.41) is 2.95. The summed E-state index contributed by atoms with van der Waals surface area (Å²) in [5.74, 6) is 1.69. The van der Waals surface area contributed by atoms with Gasteiger partial charge in [-0.1, -0.05) is 49.6 Å². The van der Waals surface area contributed by atoms with Gasteiger partial charge in [0.05, 0.1) is 0 Å². The summed E-state index contributed by atoms with van der Waals surface area (Å²) < 4.78 is 11.6. The summed E-state index contributed by atoms with van der Waals surface area (Å²) in [4.78, 5) is 17.1. The van der Waals surface area contributed by atoms with Crippen molar-refractivity contribution in [2.24, 2.45) is 0 Å². The van der Waals surface area contributed by atoms with Crippen LogP contribution < -0.4 is 10.1 Å². The van der Waals surface area contributed by atoms with Gasteiger partial charge in [0, 0.05) is 11.3 Å². The van der Waals surface area contributed by atoms with Gasteiger partial charge in [0.25, 0.3) is 5.91 Å². The fourth-order valence-electron chi connectivity index (χ4n) is 4.49. The molecule has 0 saturated heterocycles. The number of anilines is 1. The molecule has 4 aromatic rings. The summed E-state index contributed by atoms with van der Waals surface area (Å²) >= 11 is 0. The fourth-order valence-corrected chi connectivity index (χ4v) is 4.49. The molecule has 1 aliphatic rings. The summed E-state index contributed by atoms with van der Waals surface area (Å²) in [7, 11) is 0. The minimum atomic E-state index is -0.204. The van der Waals surface area contributed by atoms with E-state index in [-0.39, 0.29) is 12.5 Å². The predicted octanol–water partition coefficient (Wildman–Crippen LogP) is 6.87. The molecule has 0 bridgehead atoms. The Bertz CT molecular complexity index is 1220. The van der Waals surface area contributed by atoms with Crippen LogP contribution in [-0.4, -0.2) is 17.5 Å². The number of fused-ring (bicyclic) bond motifs is 1. The maximum absolute atomic E-state index is 12.6. The van der Waals surface area contributed by atoms with Crippen LogP contribution in [0.3, 0.4) is 0 Å². The molecular formula is C28H28N2O3. The molecule has 1 fully saturated rings. The van der Waals surface area contributed by atoms with Gasteiger partial charge in [0.15, 0.2) is 12.2 Å². The number of benzene rings is 3. The van der Waals surface area contributed by atoms with Crippen molar-refractivity contribution in [1.29, 1.82) is 0 Å². The highest BCUT2D eigenvalue weighted by Crippen LogP contribution is 2.33. The number of oxazole rings is 1. The quantitative estimate of drug-likeness (QED) is 0.355. The predicted molar refractivity (Wildman–Crippen MR) is 131 cm³/mol. The van der Waals surface area contributed by atoms with E-state index in [0.717, 1.165) is 27.9 Å². The first kappa shape index (κ1) is 21.3. The normalized spacial score (nSPS) is 14.3. The second-order valence-electron chi connectivity index (χ2n) is 8.76. The minimum Gasteiger partial charge on any atom is -0.484 e. The van der Waals surface area contributed by atoms with Crippen LogP contribution in [0.1, 0.15) is 49.1 Å². The molecule has 1 amide bonds. The maximum Gasteiger partial charge on any atom is 0.262 e. The topological polar surface area (TPSA) is 64.4 Å². The second-order valence-corrected chi connectivity index (χ2v) is 8.76. The van der Waals surface area contributed by atoms with Gasteiger partial charge in [0.1, 0.15) is 11.3 Å². The number of rotatable bonds is 6. The standard InChI is InChI=1S/C28H28N2O3/c1-19-11-12-22(28-30-24-9-5-6-10-26(24)33-28)17-25(19)29-27(31)18-32-23-15-13-21(14-16-23)20-7-3-2-4-8-20/h5-6,9-17,20H,2-4,7-8,18H2,1H3,(H,29,31). The lowest BCUT2D eigenvalue weighted by atomic mass is 9.84. The van der Waals surface area contributed by atoms with Crippen LogP contribution in [0, 0.1) is 6.92 Å². The zero-order valence-corrected chi connectivity index (χ0v) is 18.8. The Balaban J connectivity index is 1.22. The molecule has 5 rings (SSSR count). The van der Waals surface area contributed by atoms with Crippen LogP contribution in [0.4, 0.5) is 5.69 Å². The van der Waals surface area contributed by atoms with E-state index < -0.39 is 0 Å². The highest BCUT2D eigenvalue weighted by atomic mass is 16.5. The van der Waals surface area contributed by atoms with Gasteiger partial charge in [-0.25, -0.2) is 4.98 Å². The van der Waals surface area contributed by atoms with Crippen LogP contribution >= 0.6 is 0 Å². The minimum absolute atomic E-state index is 0.0463. The van der Waals surface area contributed by atoms with E-state index >= 15 is 0 Å². The van der Waals surface area contributed by atoms with Crippen molar-refractivity contribution >= 4 is 22.7 Å². The van der Waals surface area contributed by atoms with Gasteiger partial charge >= 0.3 is 0 Å². The third-order valence-electron chi connectivity index (χ3n) is 6.38. The highest BCUT2D eigenvalue weighted by Gasteiger charge is 2.16. The molecule has 0 atom stereocenters. The van der Waals surface area contributed by atoms with Gasteiger partial charge < -0.3 is 14.5 Å². The van der Waals surface area contributed by atoms with Gasteiger partial charge in [-0.15, -0.1) is 0 Å². The molecule has 1 saturated carbocycles. The Labute approximate surface area is 193 Å². The number of carbonyl (C=O) groups excluding carboxylic acids is 1. The van der Waals surface area contributed by atoms with E-state index in [1.165, 1.54) is 37.7 Å². The van der Waals surface area contributed by atoms with Gasteiger partial charge in [-0.3, -0.25) is 4.79 Å². The number of amides is 1. The van der Waals surface area contributed by atoms with Crippen LogP contribution in [-0.2, 0) is 4.79 Å². The Kier molecular flexibility index (Phi) is 6.11. The van der Waals surface area contributed by atoms with Crippen LogP contribution in [0.15, 0.2) is 71.1 Å². The zero-order chi connectivity index (χ0) is 22.6. The molecule has 1 aromatic heterocycles. The molecule has 1 aliphatic carbocycles. The number of nitrogens with one attached hydrogen (secondary N) is 1. The van der Waals surface area contributed by atoms with Crippen molar-refractivity contribution in [2.45, 2.75) is 44.9 Å². The molecule has 168 valence electrons. The number of hydrogen-bond donors (Lipinski definition) is 1. The molecule has 0 unspecified atom stereocenters. The van der Waals surface area contributed by atoms with Crippen molar-refractivity contribution in [3.63, 3.8) is 0 Å². The highest BCUT2D eigenvalue weighted by molar-refractivity contribution is 5.93. The summed E-state index contributed by atoms with van der Waals surface area (Å²) in [5.41, 5.74) is 5.41. The first-order valence-electron chi connectivity index (χ1n) is 11.6. The summed E-state index contributed by atoms with van der Waals surface area (Å²) in [6.07, 6.45) is 6.52. The Morgan fingerprint density at radius 3 is 2.61 bits per heavy atom. The summed E-state index contributed by atoms with van der Waals surface area (Å²) in [6, 6.07) is 21.6. The van der Waals surface area contributed by atoms with Gasteiger partial charge in [-0.05, 0) is 73.2 Å². The lowest BCUT2D eigenvalue weighted by Gasteiger charge is -2.22. The number of hydrogen-bond acceptors (Lipinski definition) is 4. The number of carbonyl (C=O) groups is 1. The lowest BCUT2D eigenvalue weighted by molar-refractivity contribution is -0.118. The first-order chi connectivity index (χ1) is 16.2. The second kappa shape index (κ2) is 9.49. The molecule has 33 heavy (non-hydrogen) atoms. The van der Waals surface area contributed by atoms with E-state index in [2.05, 4.69) is 22.4 Å². The molecule has 1 heterocycles. The van der Waals surface area contributed by atoms with Crippen molar-refractivity contribution in [3.8, 4) is 17.2 Å². The molecule has 1 N–H and O–H groups in total. The number of ether oxygens (including phenoxy) is 1. The van der Waals surface area contributed by atoms with Crippen molar-refractivity contribution in [1.82, 2.24) is 4.98 Å². The SMILES string of the molecule is Cc1ccc(-c2nc3ccccc3o2)cc1NC(=O)COc1ccc(C2CCCCC2)cc1. The number of para-hydroxylation sites is 2. The molecule has 3 aromatic carbocycles. The van der Waals surface area contributed by atoms with Crippen LogP contribution in [0.5, 0.6) is 5.75 Å². The smallest absolute Gasteiger partial charge is 0.262 e. The Morgan fingerprint density at radius 2 is 1.82 bits per heavy atom. The monoisotopic (exact) mass is 440 g/mol. The maximum atomic E-state index is 12.6. The van der Waals surface area contributed by atoms with E-state index in [0.29, 0.717) is 17.6 Å². The Morgan fingerprint density at radius 1 is 1.03 bits per heavy atom. The Hall–Kier alpha value is -3.60. The molecule has 0 radical (unpaired) electrons. The molecular weight excluding hydrogens is 412 g/mol. The average molecular weight is 441 g/mol. The molecule has 0 spiro atoms. The van der Waals surface area contributed by atoms with Crippen molar-refractivity contribution in [3.05, 3.63) is 77.9 Å². The van der Waals surface area contributed by atoms with Crippen molar-refractivity contribution in [2.75, 3.05) is 11.9 Å². The number of aromatic nitrogens is 1. The summed E-state index contributed by atoms with van der Waals surface area (Å²) in [6.45, 7) is 1.91. The van der Waals surface area contributed by atoms with Crippen LogP contribution in [0.25, 0.3) is 22.6 Å². The average Bonchev–Trinajstić information content (AvgIpc) is 3.29. The van der Waals surface area contributed by atoms with E-state index in [1.54, 1.807) is 0 Å². The molecule has 5 nitrogen and oxygen atoms in total. The van der Waals surface area contributed by atoms with Gasteiger partial charge in [-0.2, -0.15) is 0 Å². The van der Waals surface area contributed by atoms with Gasteiger partial charge in [0.2, 0.25) is 5.89 Å². The van der Waals surface area contributed by atoms with E-state index in [1.807, 2.05) is 61.5 Å². The molecule has 5 heteroatoms. The van der Waals surface area contributed by atoms with E-state index in [4.69, 9.17) is 9.15 Å². The van der Waals surface area contributed by atoms with E-state index in [9.17, 15) is 4.79 Å². The third kappa shape index (κ3) is 4.92. The van der Waals surface area contributed by atoms with Crippen molar-refractivity contribution < 1.29 is 13.9 Å². The first-order valence-corrected chi connectivity index (χ1v) is 11.6. The lowest BCUT2D eigenvalue weighted by Crippen LogP contribution is -2.20. The largest absolute Gasteiger partial charge is 0.484 e. The van der Waals surface area contributed by atoms with Crippen LogP contribution in [0.2, 0.25) is 0 Å². The number of nitrogens with zero attached hydrogens (tertiary/aromatic N) is 1. The fraction of sp³-hybridized carbons (Fsp3) is 0.286. The molecule has 0 aliphatic heterocycles. The number of aryl methyl sites for hydroxylation is 1. The third-order valence-corrected chi connectivity index (χ3v) is 6.38.